The van der Waals surface area contributed by atoms with Crippen LogP contribution in [0.3, 0.4) is 0 Å². The minimum Gasteiger partial charge on any atom is -0.268 e. The Balaban J connectivity index is 2.28. The zero-order chi connectivity index (χ0) is 13.1. The van der Waals surface area contributed by atoms with Gasteiger partial charge in [0, 0.05) is 11.0 Å². The first-order chi connectivity index (χ1) is 8.63. The molecular formula is C13H12BrNO2S. The van der Waals surface area contributed by atoms with Crippen LogP contribution in [0.2, 0.25) is 0 Å². The van der Waals surface area contributed by atoms with Gasteiger partial charge in [0.05, 0.1) is 4.91 Å². The molecule has 0 aliphatic carbocycles. The van der Waals surface area contributed by atoms with E-state index in [4.69, 9.17) is 0 Å². The van der Waals surface area contributed by atoms with Gasteiger partial charge in [0.25, 0.3) is 11.1 Å². The highest BCUT2D eigenvalue weighted by Gasteiger charge is 2.34. The average Bonchev–Trinajstić information content (AvgIpc) is 2.60. The summed E-state index contributed by atoms with van der Waals surface area (Å²) in [4.78, 5) is 25.5. The first kappa shape index (κ1) is 13.4. The first-order valence-electron chi connectivity index (χ1n) is 5.63. The summed E-state index contributed by atoms with van der Waals surface area (Å²) >= 11 is 4.42. The highest BCUT2D eigenvalue weighted by atomic mass is 79.9. The van der Waals surface area contributed by atoms with Crippen molar-refractivity contribution in [1.82, 2.24) is 4.90 Å². The van der Waals surface area contributed by atoms with E-state index in [1.165, 1.54) is 4.90 Å². The predicted octanol–water partition coefficient (Wildman–Crippen LogP) is 3.90. The number of amides is 2. The molecule has 1 fully saturated rings. The Kier molecular flexibility index (Phi) is 4.24. The number of benzene rings is 1. The number of thioether (sulfide) groups is 1. The second-order valence-corrected chi connectivity index (χ2v) is 5.70. The molecular weight excluding hydrogens is 314 g/mol. The third kappa shape index (κ3) is 2.67. The molecule has 0 saturated carbocycles. The zero-order valence-corrected chi connectivity index (χ0v) is 12.3. The van der Waals surface area contributed by atoms with Gasteiger partial charge in [-0.05, 0) is 35.9 Å². The highest BCUT2D eigenvalue weighted by Crippen LogP contribution is 2.33. The van der Waals surface area contributed by atoms with Crippen molar-refractivity contribution in [3.8, 4) is 0 Å². The Morgan fingerprint density at radius 1 is 1.33 bits per heavy atom. The zero-order valence-electron chi connectivity index (χ0n) is 9.85. The molecule has 2 rings (SSSR count). The number of nitrogens with zero attached hydrogens (tertiary/aromatic N) is 1. The van der Waals surface area contributed by atoms with Gasteiger partial charge < -0.3 is 0 Å². The molecule has 0 N–H and O–H groups in total. The third-order valence-electron chi connectivity index (χ3n) is 2.51. The number of rotatable bonds is 3. The van der Waals surface area contributed by atoms with Crippen molar-refractivity contribution in [2.75, 3.05) is 6.54 Å². The molecule has 0 aromatic heterocycles. The fraction of sp³-hybridized carbons (Fsp3) is 0.231. The number of carbonyl (C=O) groups excluding carboxylic acids is 2. The smallest absolute Gasteiger partial charge is 0.268 e. The summed E-state index contributed by atoms with van der Waals surface area (Å²) in [6, 6.07) is 7.61. The number of hydrogen-bond acceptors (Lipinski definition) is 3. The molecule has 1 aromatic rings. The molecule has 0 unspecified atom stereocenters. The molecule has 1 aromatic carbocycles. The van der Waals surface area contributed by atoms with Gasteiger partial charge in [0.15, 0.2) is 0 Å². The van der Waals surface area contributed by atoms with Gasteiger partial charge in [-0.2, -0.15) is 0 Å². The van der Waals surface area contributed by atoms with Crippen LogP contribution >= 0.6 is 27.7 Å². The van der Waals surface area contributed by atoms with Gasteiger partial charge in [0.1, 0.15) is 0 Å². The molecule has 2 amide bonds. The molecule has 0 bridgehead atoms. The van der Waals surface area contributed by atoms with Crippen LogP contribution in [-0.2, 0) is 4.79 Å². The van der Waals surface area contributed by atoms with E-state index in [1.54, 1.807) is 6.08 Å². The standard InChI is InChI=1S/C13H12BrNO2S/c1-2-7-15-12(16)11(18-13(15)17)8-9-5-3-4-6-10(9)14/h3-6,8H,2,7H2,1H3/b11-8+. The Morgan fingerprint density at radius 2 is 2.06 bits per heavy atom. The van der Waals surface area contributed by atoms with Gasteiger partial charge in [-0.1, -0.05) is 41.1 Å². The van der Waals surface area contributed by atoms with Crippen LogP contribution in [-0.4, -0.2) is 22.6 Å². The third-order valence-corrected chi connectivity index (χ3v) is 4.14. The monoisotopic (exact) mass is 325 g/mol. The maximum absolute atomic E-state index is 12.0. The maximum Gasteiger partial charge on any atom is 0.293 e. The molecule has 1 aliphatic heterocycles. The SMILES string of the molecule is CCCN1C(=O)S/C(=C/c2ccccc2Br)C1=O. The molecule has 94 valence electrons. The minimum absolute atomic E-state index is 0.180. The summed E-state index contributed by atoms with van der Waals surface area (Å²) in [6.45, 7) is 2.43. The molecule has 1 aliphatic rings. The highest BCUT2D eigenvalue weighted by molar-refractivity contribution is 9.10. The van der Waals surface area contributed by atoms with Gasteiger partial charge in [-0.25, -0.2) is 0 Å². The van der Waals surface area contributed by atoms with Crippen LogP contribution in [0.1, 0.15) is 18.9 Å². The van der Waals surface area contributed by atoms with Crippen molar-refractivity contribution in [1.29, 1.82) is 0 Å². The fourth-order valence-corrected chi connectivity index (χ4v) is 2.90. The lowest BCUT2D eigenvalue weighted by molar-refractivity contribution is -0.122. The molecule has 3 nitrogen and oxygen atoms in total. The van der Waals surface area contributed by atoms with E-state index in [9.17, 15) is 9.59 Å². The van der Waals surface area contributed by atoms with Gasteiger partial charge >= 0.3 is 0 Å². The molecule has 1 heterocycles. The van der Waals surface area contributed by atoms with Crippen LogP contribution in [0.5, 0.6) is 0 Å². The molecule has 0 radical (unpaired) electrons. The summed E-state index contributed by atoms with van der Waals surface area (Å²) in [6.07, 6.45) is 2.53. The Morgan fingerprint density at radius 3 is 2.72 bits per heavy atom. The molecule has 5 heteroatoms. The van der Waals surface area contributed by atoms with Crippen molar-refractivity contribution in [3.63, 3.8) is 0 Å². The lowest BCUT2D eigenvalue weighted by Crippen LogP contribution is -2.28. The van der Waals surface area contributed by atoms with E-state index in [-0.39, 0.29) is 11.1 Å². The van der Waals surface area contributed by atoms with Crippen LogP contribution in [0.4, 0.5) is 4.79 Å². The van der Waals surface area contributed by atoms with E-state index in [0.29, 0.717) is 11.4 Å². The van der Waals surface area contributed by atoms with Gasteiger partial charge in [0.2, 0.25) is 0 Å². The number of halogens is 1. The number of hydrogen-bond donors (Lipinski definition) is 0. The van der Waals surface area contributed by atoms with Crippen molar-refractivity contribution >= 4 is 44.9 Å². The molecule has 1 saturated heterocycles. The summed E-state index contributed by atoms with van der Waals surface area (Å²) in [5.74, 6) is -0.192. The van der Waals surface area contributed by atoms with E-state index in [2.05, 4.69) is 15.9 Å². The number of carbonyl (C=O) groups is 2. The molecule has 18 heavy (non-hydrogen) atoms. The summed E-state index contributed by atoms with van der Waals surface area (Å²) < 4.78 is 0.910. The summed E-state index contributed by atoms with van der Waals surface area (Å²) in [7, 11) is 0. The second-order valence-electron chi connectivity index (χ2n) is 3.85. The van der Waals surface area contributed by atoms with Crippen molar-refractivity contribution in [2.45, 2.75) is 13.3 Å². The normalized spacial score (nSPS) is 17.9. The van der Waals surface area contributed by atoms with Gasteiger partial charge in [-0.3, -0.25) is 14.5 Å². The molecule has 0 spiro atoms. The van der Waals surface area contributed by atoms with Crippen molar-refractivity contribution in [3.05, 3.63) is 39.2 Å². The Hall–Kier alpha value is -1.07. The van der Waals surface area contributed by atoms with Crippen LogP contribution in [0, 0.1) is 0 Å². The van der Waals surface area contributed by atoms with E-state index < -0.39 is 0 Å². The van der Waals surface area contributed by atoms with Gasteiger partial charge in [-0.15, -0.1) is 0 Å². The summed E-state index contributed by atoms with van der Waals surface area (Å²) in [5.41, 5.74) is 0.902. The van der Waals surface area contributed by atoms with Crippen molar-refractivity contribution in [2.24, 2.45) is 0 Å². The second kappa shape index (κ2) is 5.71. The topological polar surface area (TPSA) is 37.4 Å². The van der Waals surface area contributed by atoms with Crippen LogP contribution in [0.15, 0.2) is 33.6 Å². The van der Waals surface area contributed by atoms with E-state index in [1.807, 2.05) is 31.2 Å². The first-order valence-corrected chi connectivity index (χ1v) is 7.24. The Bertz CT molecular complexity index is 527. The maximum atomic E-state index is 12.0. The lowest BCUT2D eigenvalue weighted by atomic mass is 10.2. The quantitative estimate of drug-likeness (QED) is 0.791. The largest absolute Gasteiger partial charge is 0.293 e. The summed E-state index contributed by atoms with van der Waals surface area (Å²) in [5, 5.41) is -0.180. The lowest BCUT2D eigenvalue weighted by Gasteiger charge is -2.09. The minimum atomic E-state index is -0.192. The van der Waals surface area contributed by atoms with Crippen molar-refractivity contribution < 1.29 is 9.59 Å². The fourth-order valence-electron chi connectivity index (χ4n) is 1.65. The Labute approximate surface area is 118 Å². The average molecular weight is 326 g/mol. The molecule has 0 atom stereocenters. The van der Waals surface area contributed by atoms with Crippen LogP contribution in [0.25, 0.3) is 6.08 Å². The van der Waals surface area contributed by atoms with Crippen LogP contribution < -0.4 is 0 Å². The van der Waals surface area contributed by atoms with E-state index >= 15 is 0 Å². The van der Waals surface area contributed by atoms with E-state index in [0.717, 1.165) is 28.2 Å². The predicted molar refractivity (Wildman–Crippen MR) is 77.1 cm³/mol. The number of imide groups is 1.